The lowest BCUT2D eigenvalue weighted by Crippen LogP contribution is -2.30. The highest BCUT2D eigenvalue weighted by atomic mass is 79.9. The SMILES string of the molecule is CC(C)n1cc(Br)cc1C(=O)NCC(O)c1ccccc1. The molecule has 0 aliphatic rings. The molecule has 2 N–H and O–H groups in total. The number of nitrogens with zero attached hydrogens (tertiary/aromatic N) is 1. The third-order valence-corrected chi connectivity index (χ3v) is 3.68. The molecule has 1 aromatic carbocycles. The lowest BCUT2D eigenvalue weighted by molar-refractivity contribution is 0.0905. The molecule has 0 saturated heterocycles. The molecule has 2 rings (SSSR count). The molecule has 5 heteroatoms. The van der Waals surface area contributed by atoms with Crippen LogP contribution >= 0.6 is 15.9 Å². The zero-order valence-corrected chi connectivity index (χ0v) is 13.7. The van der Waals surface area contributed by atoms with Crippen LogP contribution in [0.3, 0.4) is 0 Å². The summed E-state index contributed by atoms with van der Waals surface area (Å²) in [4.78, 5) is 12.3. The summed E-state index contributed by atoms with van der Waals surface area (Å²) in [6, 6.07) is 11.3. The molecule has 1 heterocycles. The van der Waals surface area contributed by atoms with E-state index in [4.69, 9.17) is 0 Å². The number of carbonyl (C=O) groups excluding carboxylic acids is 1. The molecule has 1 atom stereocenters. The van der Waals surface area contributed by atoms with Gasteiger partial charge in [0.15, 0.2) is 0 Å². The largest absolute Gasteiger partial charge is 0.387 e. The summed E-state index contributed by atoms with van der Waals surface area (Å²) >= 11 is 3.39. The van der Waals surface area contributed by atoms with E-state index in [1.165, 1.54) is 0 Å². The lowest BCUT2D eigenvalue weighted by Gasteiger charge is -2.15. The van der Waals surface area contributed by atoms with Gasteiger partial charge in [-0.05, 0) is 41.4 Å². The zero-order valence-electron chi connectivity index (χ0n) is 12.1. The number of aromatic nitrogens is 1. The maximum Gasteiger partial charge on any atom is 0.268 e. The van der Waals surface area contributed by atoms with Crippen molar-refractivity contribution in [3.63, 3.8) is 0 Å². The molecule has 0 aliphatic heterocycles. The van der Waals surface area contributed by atoms with Crippen molar-refractivity contribution >= 4 is 21.8 Å². The maximum atomic E-state index is 12.3. The van der Waals surface area contributed by atoms with Crippen molar-refractivity contribution in [3.05, 3.63) is 58.3 Å². The third-order valence-electron chi connectivity index (χ3n) is 3.24. The number of hydrogen-bond acceptors (Lipinski definition) is 2. The van der Waals surface area contributed by atoms with Gasteiger partial charge in [0.05, 0.1) is 6.10 Å². The minimum Gasteiger partial charge on any atom is -0.387 e. The van der Waals surface area contributed by atoms with Crippen molar-refractivity contribution in [1.29, 1.82) is 0 Å². The second kappa shape index (κ2) is 6.91. The molecule has 0 aliphatic carbocycles. The van der Waals surface area contributed by atoms with Crippen molar-refractivity contribution in [1.82, 2.24) is 9.88 Å². The Kier molecular flexibility index (Phi) is 5.20. The first-order valence-electron chi connectivity index (χ1n) is 6.87. The fraction of sp³-hybridized carbons (Fsp3) is 0.312. The van der Waals surface area contributed by atoms with E-state index in [0.717, 1.165) is 10.0 Å². The summed E-state index contributed by atoms with van der Waals surface area (Å²) in [6.07, 6.45) is 1.17. The molecule has 1 aromatic heterocycles. The van der Waals surface area contributed by atoms with Gasteiger partial charge in [-0.3, -0.25) is 4.79 Å². The molecule has 0 radical (unpaired) electrons. The molecule has 0 bridgehead atoms. The van der Waals surface area contributed by atoms with Gasteiger partial charge in [0.2, 0.25) is 0 Å². The van der Waals surface area contributed by atoms with Crippen LogP contribution in [0.4, 0.5) is 0 Å². The van der Waals surface area contributed by atoms with Gasteiger partial charge < -0.3 is 15.0 Å². The van der Waals surface area contributed by atoms with E-state index in [2.05, 4.69) is 21.2 Å². The minimum absolute atomic E-state index is 0.184. The number of aliphatic hydroxyl groups is 1. The smallest absolute Gasteiger partial charge is 0.268 e. The van der Waals surface area contributed by atoms with Crippen LogP contribution in [0.2, 0.25) is 0 Å². The van der Waals surface area contributed by atoms with Crippen molar-refractivity contribution in [2.45, 2.75) is 26.0 Å². The number of carbonyl (C=O) groups is 1. The van der Waals surface area contributed by atoms with Crippen LogP contribution in [0.5, 0.6) is 0 Å². The van der Waals surface area contributed by atoms with E-state index in [1.54, 1.807) is 6.07 Å². The molecular formula is C16H19BrN2O2. The highest BCUT2D eigenvalue weighted by Gasteiger charge is 2.16. The molecule has 21 heavy (non-hydrogen) atoms. The van der Waals surface area contributed by atoms with E-state index in [1.807, 2.05) is 54.9 Å². The van der Waals surface area contributed by atoms with Gasteiger partial charge in [0, 0.05) is 23.3 Å². The van der Waals surface area contributed by atoms with Crippen LogP contribution in [-0.2, 0) is 0 Å². The first-order chi connectivity index (χ1) is 9.99. The first-order valence-corrected chi connectivity index (χ1v) is 7.67. The van der Waals surface area contributed by atoms with Gasteiger partial charge in [-0.1, -0.05) is 30.3 Å². The van der Waals surface area contributed by atoms with E-state index in [0.29, 0.717) is 5.69 Å². The second-order valence-electron chi connectivity index (χ2n) is 5.18. The fourth-order valence-electron chi connectivity index (χ4n) is 2.13. The highest BCUT2D eigenvalue weighted by Crippen LogP contribution is 2.19. The number of benzene rings is 1. The Labute approximate surface area is 132 Å². The van der Waals surface area contributed by atoms with E-state index in [9.17, 15) is 9.90 Å². The number of aliphatic hydroxyl groups excluding tert-OH is 1. The van der Waals surface area contributed by atoms with E-state index >= 15 is 0 Å². The third kappa shape index (κ3) is 3.95. The highest BCUT2D eigenvalue weighted by molar-refractivity contribution is 9.10. The summed E-state index contributed by atoms with van der Waals surface area (Å²) < 4.78 is 2.76. The van der Waals surface area contributed by atoms with E-state index in [-0.39, 0.29) is 18.5 Å². The van der Waals surface area contributed by atoms with Crippen LogP contribution in [0.15, 0.2) is 47.1 Å². The predicted molar refractivity (Wildman–Crippen MR) is 86.3 cm³/mol. The molecule has 0 saturated carbocycles. The number of hydrogen-bond donors (Lipinski definition) is 2. The van der Waals surface area contributed by atoms with Gasteiger partial charge >= 0.3 is 0 Å². The predicted octanol–water partition coefficient (Wildman–Crippen LogP) is 3.29. The maximum absolute atomic E-state index is 12.3. The van der Waals surface area contributed by atoms with Crippen LogP contribution < -0.4 is 5.32 Å². The quantitative estimate of drug-likeness (QED) is 0.869. The van der Waals surface area contributed by atoms with Crippen molar-refractivity contribution in [3.8, 4) is 0 Å². The Hall–Kier alpha value is -1.59. The van der Waals surface area contributed by atoms with Gasteiger partial charge in [0.1, 0.15) is 5.69 Å². The van der Waals surface area contributed by atoms with Gasteiger partial charge in [-0.2, -0.15) is 0 Å². The summed E-state index contributed by atoms with van der Waals surface area (Å²) in [5.74, 6) is -0.190. The van der Waals surface area contributed by atoms with Crippen molar-refractivity contribution in [2.75, 3.05) is 6.54 Å². The topological polar surface area (TPSA) is 54.3 Å². The number of amides is 1. The monoisotopic (exact) mass is 350 g/mol. The van der Waals surface area contributed by atoms with E-state index < -0.39 is 6.10 Å². The van der Waals surface area contributed by atoms with Crippen molar-refractivity contribution < 1.29 is 9.90 Å². The number of rotatable bonds is 5. The Bertz CT molecular complexity index is 608. The average molecular weight is 351 g/mol. The summed E-state index contributed by atoms with van der Waals surface area (Å²) in [6.45, 7) is 4.22. The Morgan fingerprint density at radius 2 is 2.00 bits per heavy atom. The minimum atomic E-state index is -0.707. The molecule has 2 aromatic rings. The zero-order chi connectivity index (χ0) is 15.4. The standard InChI is InChI=1S/C16H19BrN2O2/c1-11(2)19-10-13(17)8-14(19)16(21)18-9-15(20)12-6-4-3-5-7-12/h3-8,10-11,15,20H,9H2,1-2H3,(H,18,21). The lowest BCUT2D eigenvalue weighted by atomic mass is 10.1. The van der Waals surface area contributed by atoms with Crippen LogP contribution in [0, 0.1) is 0 Å². The molecule has 1 amide bonds. The van der Waals surface area contributed by atoms with Gasteiger partial charge in [0.25, 0.3) is 5.91 Å². The first kappa shape index (κ1) is 15.8. The Morgan fingerprint density at radius 1 is 1.33 bits per heavy atom. The number of nitrogens with one attached hydrogen (secondary N) is 1. The van der Waals surface area contributed by atoms with Crippen LogP contribution in [-0.4, -0.2) is 22.1 Å². The average Bonchev–Trinajstić information content (AvgIpc) is 2.87. The molecule has 0 spiro atoms. The Balaban J connectivity index is 2.02. The van der Waals surface area contributed by atoms with Crippen molar-refractivity contribution in [2.24, 2.45) is 0 Å². The molecular weight excluding hydrogens is 332 g/mol. The van der Waals surface area contributed by atoms with Gasteiger partial charge in [-0.25, -0.2) is 0 Å². The number of halogens is 1. The molecule has 0 fully saturated rings. The molecule has 4 nitrogen and oxygen atoms in total. The summed E-state index contributed by atoms with van der Waals surface area (Å²) in [7, 11) is 0. The Morgan fingerprint density at radius 3 is 2.62 bits per heavy atom. The fourth-order valence-corrected chi connectivity index (χ4v) is 2.57. The van der Waals surface area contributed by atoms with Crippen LogP contribution in [0.25, 0.3) is 0 Å². The second-order valence-corrected chi connectivity index (χ2v) is 6.10. The van der Waals surface area contributed by atoms with Crippen LogP contribution in [0.1, 0.15) is 42.0 Å². The summed E-state index contributed by atoms with van der Waals surface area (Å²) in [5.41, 5.74) is 1.37. The van der Waals surface area contributed by atoms with Gasteiger partial charge in [-0.15, -0.1) is 0 Å². The normalized spacial score (nSPS) is 12.4. The summed E-state index contributed by atoms with van der Waals surface area (Å²) in [5, 5.41) is 12.8. The molecule has 1 unspecified atom stereocenters. The molecule has 112 valence electrons.